The molecule has 2 aliphatic heterocycles. The van der Waals surface area contributed by atoms with Crippen molar-refractivity contribution in [3.05, 3.63) is 53.6 Å². The standard InChI is InChI=1S/C22H21F3N4O3/c1-26-10-19(30)27-15-9-18-20(31)28-17-6-5-13(8-16(17)21(32)29(18)11-15)12-3-2-4-14(7-12)22(23,24)25/h2-8,15,18,26H,9-11H2,1H3,(H,27,30)(H,28,31)/t15-,18-/m0/s1. The Kier molecular flexibility index (Phi) is 5.64. The van der Waals surface area contributed by atoms with E-state index in [9.17, 15) is 27.6 Å². The molecule has 168 valence electrons. The summed E-state index contributed by atoms with van der Waals surface area (Å²) in [5, 5.41) is 8.27. The summed E-state index contributed by atoms with van der Waals surface area (Å²) in [6.45, 7) is 0.282. The lowest BCUT2D eigenvalue weighted by atomic mass is 9.99. The van der Waals surface area contributed by atoms with Gasteiger partial charge in [0.15, 0.2) is 0 Å². The fraction of sp³-hybridized carbons (Fsp3) is 0.318. The molecule has 0 spiro atoms. The number of carbonyl (C=O) groups excluding carboxylic acids is 3. The number of likely N-dealkylation sites (N-methyl/N-ethyl adjacent to an activating group) is 1. The summed E-state index contributed by atoms with van der Waals surface area (Å²) in [5.41, 5.74) is 0.443. The van der Waals surface area contributed by atoms with Gasteiger partial charge in [0.05, 0.1) is 23.4 Å². The molecule has 1 saturated heterocycles. The van der Waals surface area contributed by atoms with Gasteiger partial charge in [0.1, 0.15) is 6.04 Å². The zero-order valence-corrected chi connectivity index (χ0v) is 17.1. The van der Waals surface area contributed by atoms with Crippen LogP contribution < -0.4 is 16.0 Å². The Morgan fingerprint density at radius 3 is 2.62 bits per heavy atom. The minimum atomic E-state index is -4.49. The first-order chi connectivity index (χ1) is 15.2. The molecule has 3 amide bonds. The highest BCUT2D eigenvalue weighted by Gasteiger charge is 2.43. The van der Waals surface area contributed by atoms with Crippen LogP contribution in [-0.4, -0.2) is 54.8 Å². The third-order valence-electron chi connectivity index (χ3n) is 5.60. The minimum absolute atomic E-state index is 0.116. The molecule has 7 nitrogen and oxygen atoms in total. The first-order valence-corrected chi connectivity index (χ1v) is 10.0. The molecule has 2 aromatic rings. The Balaban J connectivity index is 1.64. The van der Waals surface area contributed by atoms with Gasteiger partial charge in [-0.3, -0.25) is 14.4 Å². The van der Waals surface area contributed by atoms with Crippen molar-refractivity contribution in [1.29, 1.82) is 0 Å². The quantitative estimate of drug-likeness (QED) is 0.672. The molecule has 0 radical (unpaired) electrons. The predicted molar refractivity (Wildman–Crippen MR) is 111 cm³/mol. The highest BCUT2D eigenvalue weighted by atomic mass is 19.4. The highest BCUT2D eigenvalue weighted by molar-refractivity contribution is 6.10. The Bertz CT molecular complexity index is 1090. The first kappa shape index (κ1) is 21.8. The molecule has 2 aromatic carbocycles. The van der Waals surface area contributed by atoms with E-state index in [0.717, 1.165) is 12.1 Å². The van der Waals surface area contributed by atoms with E-state index in [2.05, 4.69) is 16.0 Å². The van der Waals surface area contributed by atoms with Crippen LogP contribution in [0.25, 0.3) is 11.1 Å². The van der Waals surface area contributed by atoms with Crippen LogP contribution in [0.4, 0.5) is 18.9 Å². The Hall–Kier alpha value is -3.40. The number of amides is 3. The van der Waals surface area contributed by atoms with Crippen molar-refractivity contribution in [3.8, 4) is 11.1 Å². The lowest BCUT2D eigenvalue weighted by Crippen LogP contribution is -2.42. The number of carbonyl (C=O) groups is 3. The summed E-state index contributed by atoms with van der Waals surface area (Å²) in [5.74, 6) is -1.02. The molecular formula is C22H21F3N4O3. The van der Waals surface area contributed by atoms with E-state index in [-0.39, 0.29) is 42.9 Å². The van der Waals surface area contributed by atoms with Gasteiger partial charge in [-0.15, -0.1) is 0 Å². The zero-order valence-electron chi connectivity index (χ0n) is 17.1. The average Bonchev–Trinajstić information content (AvgIpc) is 3.13. The molecular weight excluding hydrogens is 425 g/mol. The average molecular weight is 446 g/mol. The smallest absolute Gasteiger partial charge is 0.350 e. The molecule has 3 N–H and O–H groups in total. The van der Waals surface area contributed by atoms with Crippen molar-refractivity contribution in [1.82, 2.24) is 15.5 Å². The molecule has 0 aromatic heterocycles. The molecule has 0 saturated carbocycles. The van der Waals surface area contributed by atoms with E-state index in [1.807, 2.05) is 0 Å². The molecule has 32 heavy (non-hydrogen) atoms. The number of nitrogens with zero attached hydrogens (tertiary/aromatic N) is 1. The number of hydrogen-bond donors (Lipinski definition) is 3. The second kappa shape index (κ2) is 8.27. The number of alkyl halides is 3. The maximum absolute atomic E-state index is 13.3. The van der Waals surface area contributed by atoms with Gasteiger partial charge in [-0.25, -0.2) is 0 Å². The lowest BCUT2D eigenvalue weighted by Gasteiger charge is -2.20. The van der Waals surface area contributed by atoms with Crippen molar-refractivity contribution in [2.24, 2.45) is 0 Å². The lowest BCUT2D eigenvalue weighted by molar-refractivity contribution is -0.137. The summed E-state index contributed by atoms with van der Waals surface area (Å²) in [7, 11) is 1.64. The predicted octanol–water partition coefficient (Wildman–Crippen LogP) is 2.24. The SMILES string of the molecule is CNCC(=O)N[C@H]1C[C@H]2C(=O)Nc3ccc(-c4cccc(C(F)(F)F)c4)cc3C(=O)N2C1. The second-order valence-electron chi connectivity index (χ2n) is 7.83. The van der Waals surface area contributed by atoms with Crippen LogP contribution in [-0.2, 0) is 15.8 Å². The second-order valence-corrected chi connectivity index (χ2v) is 7.83. The molecule has 2 aliphatic rings. The largest absolute Gasteiger partial charge is 0.416 e. The van der Waals surface area contributed by atoms with Gasteiger partial charge < -0.3 is 20.9 Å². The van der Waals surface area contributed by atoms with Gasteiger partial charge in [-0.05, 0) is 48.9 Å². The van der Waals surface area contributed by atoms with Crippen LogP contribution in [0, 0.1) is 0 Å². The summed E-state index contributed by atoms with van der Waals surface area (Å²) < 4.78 is 39.3. The van der Waals surface area contributed by atoms with Crippen LogP contribution in [0.3, 0.4) is 0 Å². The van der Waals surface area contributed by atoms with Gasteiger partial charge in [-0.1, -0.05) is 18.2 Å². The number of anilines is 1. The Morgan fingerprint density at radius 2 is 1.91 bits per heavy atom. The summed E-state index contributed by atoms with van der Waals surface area (Å²) in [6, 6.07) is 8.31. The molecule has 1 fully saturated rings. The van der Waals surface area contributed by atoms with Gasteiger partial charge in [0.2, 0.25) is 11.8 Å². The molecule has 2 heterocycles. The molecule has 2 atom stereocenters. The topological polar surface area (TPSA) is 90.5 Å². The maximum Gasteiger partial charge on any atom is 0.416 e. The van der Waals surface area contributed by atoms with E-state index in [0.29, 0.717) is 16.8 Å². The van der Waals surface area contributed by atoms with Crippen LogP contribution >= 0.6 is 0 Å². The van der Waals surface area contributed by atoms with Crippen molar-refractivity contribution < 1.29 is 27.6 Å². The van der Waals surface area contributed by atoms with E-state index in [1.54, 1.807) is 13.1 Å². The third kappa shape index (κ3) is 4.18. The summed E-state index contributed by atoms with van der Waals surface area (Å²) in [6.07, 6.45) is -4.21. The van der Waals surface area contributed by atoms with Gasteiger partial charge in [0, 0.05) is 12.6 Å². The number of nitrogens with one attached hydrogen (secondary N) is 3. The first-order valence-electron chi connectivity index (χ1n) is 10.0. The fourth-order valence-electron chi connectivity index (χ4n) is 4.11. The zero-order chi connectivity index (χ0) is 23.0. The highest BCUT2D eigenvalue weighted by Crippen LogP contribution is 2.35. The maximum atomic E-state index is 13.3. The Morgan fingerprint density at radius 1 is 1.16 bits per heavy atom. The summed E-state index contributed by atoms with van der Waals surface area (Å²) in [4.78, 5) is 39.3. The van der Waals surface area contributed by atoms with E-state index >= 15 is 0 Å². The van der Waals surface area contributed by atoms with Crippen molar-refractivity contribution in [3.63, 3.8) is 0 Å². The van der Waals surface area contributed by atoms with Gasteiger partial charge in [0.25, 0.3) is 5.91 Å². The minimum Gasteiger partial charge on any atom is -0.350 e. The number of hydrogen-bond acceptors (Lipinski definition) is 4. The van der Waals surface area contributed by atoms with Gasteiger partial charge >= 0.3 is 6.18 Å². The fourth-order valence-corrected chi connectivity index (χ4v) is 4.11. The summed E-state index contributed by atoms with van der Waals surface area (Å²) >= 11 is 0. The molecule has 0 bridgehead atoms. The van der Waals surface area contributed by atoms with Crippen molar-refractivity contribution in [2.45, 2.75) is 24.7 Å². The van der Waals surface area contributed by atoms with Crippen molar-refractivity contribution >= 4 is 23.4 Å². The molecule has 10 heteroatoms. The third-order valence-corrected chi connectivity index (χ3v) is 5.60. The molecule has 0 unspecified atom stereocenters. The van der Waals surface area contributed by atoms with Gasteiger partial charge in [-0.2, -0.15) is 13.2 Å². The van der Waals surface area contributed by atoms with E-state index < -0.39 is 23.7 Å². The monoisotopic (exact) mass is 446 g/mol. The number of benzene rings is 2. The van der Waals surface area contributed by atoms with Crippen LogP contribution in [0.1, 0.15) is 22.3 Å². The Labute approximate surface area is 182 Å². The number of halogens is 3. The van der Waals surface area contributed by atoms with Crippen molar-refractivity contribution in [2.75, 3.05) is 25.5 Å². The van der Waals surface area contributed by atoms with Crippen LogP contribution in [0.5, 0.6) is 0 Å². The van der Waals surface area contributed by atoms with Crippen LogP contribution in [0.15, 0.2) is 42.5 Å². The number of fused-ring (bicyclic) bond motifs is 2. The normalized spacial score (nSPS) is 20.3. The van der Waals surface area contributed by atoms with E-state index in [1.165, 1.54) is 29.2 Å². The van der Waals surface area contributed by atoms with Crippen LogP contribution in [0.2, 0.25) is 0 Å². The molecule has 4 rings (SSSR count). The molecule has 0 aliphatic carbocycles. The number of rotatable bonds is 4. The van der Waals surface area contributed by atoms with E-state index in [4.69, 9.17) is 0 Å².